The van der Waals surface area contributed by atoms with Gasteiger partial charge in [0, 0.05) is 31.7 Å². The van der Waals surface area contributed by atoms with Crippen LogP contribution in [0.1, 0.15) is 18.7 Å². The lowest BCUT2D eigenvalue weighted by molar-refractivity contribution is 0.295. The average Bonchev–Trinajstić information content (AvgIpc) is 3.50. The SMILES string of the molecule is C/C=C(\O)c1cc(-c2cccc(-c3nn(C=O)/c(=N\C(=C/C)N4CCNCC4)s3)c2)cs1. The van der Waals surface area contributed by atoms with E-state index in [4.69, 9.17) is 4.99 Å². The molecule has 1 saturated heterocycles. The first-order valence-electron chi connectivity index (χ1n) is 10.4. The molecule has 0 spiro atoms. The summed E-state index contributed by atoms with van der Waals surface area (Å²) in [6, 6.07) is 9.99. The van der Waals surface area contributed by atoms with Crippen molar-refractivity contribution >= 4 is 34.8 Å². The Morgan fingerprint density at radius 2 is 1.94 bits per heavy atom. The molecule has 166 valence electrons. The predicted octanol–water partition coefficient (Wildman–Crippen LogP) is 3.96. The maximum Gasteiger partial charge on any atom is 0.236 e. The Kier molecular flexibility index (Phi) is 6.99. The van der Waals surface area contributed by atoms with Crippen LogP contribution in [-0.4, -0.2) is 52.4 Å². The maximum absolute atomic E-state index is 11.7. The zero-order valence-electron chi connectivity index (χ0n) is 18.0. The van der Waals surface area contributed by atoms with Crippen molar-refractivity contribution < 1.29 is 9.90 Å². The minimum absolute atomic E-state index is 0.278. The van der Waals surface area contributed by atoms with Gasteiger partial charge in [-0.3, -0.25) is 4.79 Å². The number of nitrogens with one attached hydrogen (secondary N) is 1. The van der Waals surface area contributed by atoms with Gasteiger partial charge in [-0.1, -0.05) is 29.5 Å². The number of nitrogens with zero attached hydrogens (tertiary/aromatic N) is 4. The number of hydrogen-bond acceptors (Lipinski definition) is 8. The number of thiophene rings is 1. The van der Waals surface area contributed by atoms with E-state index in [1.807, 2.05) is 55.6 Å². The highest BCUT2D eigenvalue weighted by Crippen LogP contribution is 2.31. The van der Waals surface area contributed by atoms with E-state index in [1.165, 1.54) is 27.4 Å². The van der Waals surface area contributed by atoms with Crippen LogP contribution in [0, 0.1) is 0 Å². The third kappa shape index (κ3) is 4.74. The van der Waals surface area contributed by atoms with Crippen LogP contribution in [-0.2, 0) is 4.79 Å². The zero-order valence-corrected chi connectivity index (χ0v) is 19.6. The highest BCUT2D eigenvalue weighted by molar-refractivity contribution is 7.12. The zero-order chi connectivity index (χ0) is 22.5. The first-order valence-corrected chi connectivity index (χ1v) is 12.1. The summed E-state index contributed by atoms with van der Waals surface area (Å²) in [5.74, 6) is 1.13. The van der Waals surface area contributed by atoms with E-state index in [9.17, 15) is 9.90 Å². The van der Waals surface area contributed by atoms with Gasteiger partial charge >= 0.3 is 0 Å². The summed E-state index contributed by atoms with van der Waals surface area (Å²) >= 11 is 2.89. The van der Waals surface area contributed by atoms with E-state index in [-0.39, 0.29) is 5.76 Å². The lowest BCUT2D eigenvalue weighted by Crippen LogP contribution is -2.42. The fraction of sp³-hybridized carbons (Fsp3) is 0.261. The molecule has 3 aromatic rings. The Balaban J connectivity index is 1.68. The van der Waals surface area contributed by atoms with E-state index in [0.717, 1.165) is 58.6 Å². The molecule has 1 aliphatic heterocycles. The largest absolute Gasteiger partial charge is 0.507 e. The number of aliphatic hydroxyl groups excluding tert-OH is 1. The number of piperazine rings is 1. The average molecular weight is 468 g/mol. The fourth-order valence-corrected chi connectivity index (χ4v) is 5.21. The molecule has 0 bridgehead atoms. The molecule has 0 radical (unpaired) electrons. The Labute approximate surface area is 194 Å². The molecule has 2 aromatic heterocycles. The molecule has 1 aromatic carbocycles. The van der Waals surface area contributed by atoms with Gasteiger partial charge in [-0.15, -0.1) is 11.3 Å². The van der Waals surface area contributed by atoms with Gasteiger partial charge in [0.15, 0.2) is 0 Å². The van der Waals surface area contributed by atoms with Crippen LogP contribution >= 0.6 is 22.7 Å². The van der Waals surface area contributed by atoms with Crippen molar-refractivity contribution in [2.24, 2.45) is 4.99 Å². The van der Waals surface area contributed by atoms with Gasteiger partial charge in [0.1, 0.15) is 16.6 Å². The van der Waals surface area contributed by atoms with Crippen LogP contribution < -0.4 is 10.1 Å². The summed E-state index contributed by atoms with van der Waals surface area (Å²) in [4.78, 5) is 20.0. The van der Waals surface area contributed by atoms with Gasteiger partial charge in [-0.25, -0.2) is 4.99 Å². The molecule has 0 saturated carbocycles. The van der Waals surface area contributed by atoms with Gasteiger partial charge in [-0.05, 0) is 54.6 Å². The second kappa shape index (κ2) is 10.1. The molecule has 9 heteroatoms. The van der Waals surface area contributed by atoms with Crippen LogP contribution in [0.25, 0.3) is 27.5 Å². The summed E-state index contributed by atoms with van der Waals surface area (Å²) in [5, 5.41) is 20.5. The second-order valence-electron chi connectivity index (χ2n) is 7.19. The molecule has 1 aliphatic rings. The standard InChI is InChI=1S/C23H25N5O2S2/c1-3-19(30)20-13-18(14-31-20)16-6-5-7-17(12-16)22-26-28(15-29)23(32-22)25-21(4-2)27-10-8-24-9-11-27/h3-7,12-15,24,30H,8-11H2,1-2H3/b19-3-,21-4+,25-23+. The minimum atomic E-state index is 0.278. The summed E-state index contributed by atoms with van der Waals surface area (Å²) in [6.07, 6.45) is 4.34. The van der Waals surface area contributed by atoms with Crippen LogP contribution in [0.2, 0.25) is 0 Å². The highest BCUT2D eigenvalue weighted by atomic mass is 32.1. The molecule has 2 N–H and O–H groups in total. The van der Waals surface area contributed by atoms with Gasteiger partial charge in [0.05, 0.1) is 4.88 Å². The molecule has 0 atom stereocenters. The van der Waals surface area contributed by atoms with Crippen molar-refractivity contribution in [2.75, 3.05) is 26.2 Å². The van der Waals surface area contributed by atoms with E-state index in [0.29, 0.717) is 11.2 Å². The van der Waals surface area contributed by atoms with Crippen LogP contribution in [0.4, 0.5) is 0 Å². The Bertz CT molecular complexity index is 1230. The Hall–Kier alpha value is -3.01. The number of carbonyl (C=O) groups is 1. The van der Waals surface area contributed by atoms with Crippen molar-refractivity contribution in [1.29, 1.82) is 0 Å². The lowest BCUT2D eigenvalue weighted by atomic mass is 10.1. The van der Waals surface area contributed by atoms with Gasteiger partial charge in [0.25, 0.3) is 0 Å². The second-order valence-corrected chi connectivity index (χ2v) is 9.06. The Morgan fingerprint density at radius 3 is 2.66 bits per heavy atom. The van der Waals surface area contributed by atoms with Gasteiger partial charge < -0.3 is 15.3 Å². The number of hydrogen-bond donors (Lipinski definition) is 2. The molecule has 4 rings (SSSR count). The summed E-state index contributed by atoms with van der Waals surface area (Å²) in [5.41, 5.74) is 2.96. The third-order valence-corrected chi connectivity index (χ3v) is 7.08. The smallest absolute Gasteiger partial charge is 0.236 e. The number of carbonyl (C=O) groups excluding carboxylic acids is 1. The van der Waals surface area contributed by atoms with Crippen molar-refractivity contribution in [3.05, 3.63) is 63.4 Å². The van der Waals surface area contributed by atoms with E-state index in [2.05, 4.69) is 15.3 Å². The summed E-state index contributed by atoms with van der Waals surface area (Å²) < 4.78 is 1.30. The Morgan fingerprint density at radius 1 is 1.16 bits per heavy atom. The maximum atomic E-state index is 11.7. The van der Waals surface area contributed by atoms with Gasteiger partial charge in [0.2, 0.25) is 11.2 Å². The van der Waals surface area contributed by atoms with Crippen molar-refractivity contribution in [3.63, 3.8) is 0 Å². The molecular formula is C23H25N5O2S2. The first-order chi connectivity index (χ1) is 15.6. The molecule has 0 amide bonds. The van der Waals surface area contributed by atoms with E-state index >= 15 is 0 Å². The number of aliphatic hydroxyl groups is 1. The number of benzene rings is 1. The van der Waals surface area contributed by atoms with Crippen molar-refractivity contribution in [1.82, 2.24) is 20.0 Å². The molecule has 7 nitrogen and oxygen atoms in total. The first kappa shape index (κ1) is 22.2. The molecule has 3 heterocycles. The monoisotopic (exact) mass is 467 g/mol. The summed E-state index contributed by atoms with van der Waals surface area (Å²) in [7, 11) is 0. The molecule has 0 aliphatic carbocycles. The fourth-order valence-electron chi connectivity index (χ4n) is 3.46. The lowest BCUT2D eigenvalue weighted by Gasteiger charge is -2.29. The minimum Gasteiger partial charge on any atom is -0.507 e. The summed E-state index contributed by atoms with van der Waals surface area (Å²) in [6.45, 7) is 7.35. The van der Waals surface area contributed by atoms with Gasteiger partial charge in [-0.2, -0.15) is 9.78 Å². The molecule has 1 fully saturated rings. The van der Waals surface area contributed by atoms with E-state index in [1.54, 1.807) is 6.08 Å². The van der Waals surface area contributed by atoms with E-state index < -0.39 is 0 Å². The topological polar surface area (TPSA) is 82.8 Å². The number of rotatable bonds is 6. The van der Waals surface area contributed by atoms with Crippen molar-refractivity contribution in [2.45, 2.75) is 13.8 Å². The third-order valence-electron chi connectivity index (χ3n) is 5.16. The van der Waals surface area contributed by atoms with Crippen LogP contribution in [0.15, 0.2) is 58.7 Å². The van der Waals surface area contributed by atoms with Crippen molar-refractivity contribution in [3.8, 4) is 21.7 Å². The molecule has 0 unspecified atom stereocenters. The van der Waals surface area contributed by atoms with Crippen LogP contribution in [0.3, 0.4) is 0 Å². The highest BCUT2D eigenvalue weighted by Gasteiger charge is 2.14. The normalized spacial score (nSPS) is 15.9. The van der Waals surface area contributed by atoms with Crippen LogP contribution in [0.5, 0.6) is 0 Å². The predicted molar refractivity (Wildman–Crippen MR) is 131 cm³/mol. The molecular weight excluding hydrogens is 442 g/mol. The number of allylic oxidation sites excluding steroid dienone is 2. The quantitative estimate of drug-likeness (QED) is 0.424. The number of aromatic nitrogens is 2. The molecule has 32 heavy (non-hydrogen) atoms.